The minimum absolute atomic E-state index is 0.149. The Morgan fingerprint density at radius 2 is 2.25 bits per heavy atom. The predicted molar refractivity (Wildman–Crippen MR) is 63.7 cm³/mol. The van der Waals surface area contributed by atoms with Crippen LogP contribution in [0.2, 0.25) is 0 Å². The van der Waals surface area contributed by atoms with Crippen LogP contribution in [0.3, 0.4) is 0 Å². The van der Waals surface area contributed by atoms with Crippen molar-refractivity contribution in [1.29, 1.82) is 0 Å². The van der Waals surface area contributed by atoms with E-state index in [0.717, 1.165) is 11.2 Å². The number of aromatic nitrogens is 2. The van der Waals surface area contributed by atoms with Crippen LogP contribution in [-0.4, -0.2) is 15.2 Å². The number of Topliss-reactive ketones (excluding diaryl/α,β-unsaturated/α-hetero) is 1. The fourth-order valence-electron chi connectivity index (χ4n) is 1.79. The Hall–Kier alpha value is -1.64. The summed E-state index contributed by atoms with van der Waals surface area (Å²) < 4.78 is 1.96. The quantitative estimate of drug-likeness (QED) is 0.790. The van der Waals surface area contributed by atoms with Crippen LogP contribution < -0.4 is 0 Å². The lowest BCUT2D eigenvalue weighted by atomic mass is 10.0. The first-order valence-electron chi connectivity index (χ1n) is 5.53. The van der Waals surface area contributed by atoms with Crippen molar-refractivity contribution in [3.63, 3.8) is 0 Å². The molecule has 0 saturated carbocycles. The van der Waals surface area contributed by atoms with Gasteiger partial charge in [-0.1, -0.05) is 13.8 Å². The summed E-state index contributed by atoms with van der Waals surface area (Å²) >= 11 is 0. The smallest absolute Gasteiger partial charge is 0.135 e. The van der Waals surface area contributed by atoms with E-state index in [9.17, 15) is 4.79 Å². The average molecular weight is 216 g/mol. The number of rotatable bonds is 3. The zero-order valence-corrected chi connectivity index (χ0v) is 9.90. The van der Waals surface area contributed by atoms with Gasteiger partial charge in [0.25, 0.3) is 0 Å². The van der Waals surface area contributed by atoms with Crippen LogP contribution in [0.4, 0.5) is 0 Å². The average Bonchev–Trinajstić information content (AvgIpc) is 2.60. The van der Waals surface area contributed by atoms with E-state index in [1.807, 2.05) is 10.6 Å². The molecule has 2 aromatic heterocycles. The lowest BCUT2D eigenvalue weighted by Crippen LogP contribution is -1.98. The van der Waals surface area contributed by atoms with Crippen molar-refractivity contribution in [2.75, 3.05) is 0 Å². The third kappa shape index (κ3) is 1.98. The first-order valence-corrected chi connectivity index (χ1v) is 5.53. The van der Waals surface area contributed by atoms with Crippen molar-refractivity contribution < 1.29 is 4.79 Å². The van der Waals surface area contributed by atoms with Gasteiger partial charge in [-0.2, -0.15) is 0 Å². The molecule has 3 heteroatoms. The summed E-state index contributed by atoms with van der Waals surface area (Å²) in [6, 6.07) is 4.22. The molecule has 2 rings (SSSR count). The van der Waals surface area contributed by atoms with E-state index in [2.05, 4.69) is 31.0 Å². The molecular weight excluding hydrogens is 200 g/mol. The maximum absolute atomic E-state index is 11.1. The number of imidazole rings is 1. The molecule has 0 aliphatic heterocycles. The fraction of sp³-hybridized carbons (Fsp3) is 0.385. The highest BCUT2D eigenvalue weighted by molar-refractivity contribution is 5.80. The number of carbonyl (C=O) groups is 1. The second kappa shape index (κ2) is 4.08. The summed E-state index contributed by atoms with van der Waals surface area (Å²) in [5.41, 5.74) is 3.19. The lowest BCUT2D eigenvalue weighted by Gasteiger charge is -2.06. The minimum atomic E-state index is 0.149. The van der Waals surface area contributed by atoms with Crippen molar-refractivity contribution >= 4 is 11.3 Å². The number of fused-ring (bicyclic) bond motifs is 1. The maximum Gasteiger partial charge on any atom is 0.135 e. The Morgan fingerprint density at radius 1 is 1.50 bits per heavy atom. The van der Waals surface area contributed by atoms with Crippen molar-refractivity contribution in [2.24, 2.45) is 0 Å². The van der Waals surface area contributed by atoms with Crippen molar-refractivity contribution in [1.82, 2.24) is 9.38 Å². The second-order valence-electron chi connectivity index (χ2n) is 4.48. The maximum atomic E-state index is 11.1. The van der Waals surface area contributed by atoms with Crippen LogP contribution in [0.1, 0.15) is 37.9 Å². The summed E-state index contributed by atoms with van der Waals surface area (Å²) in [6.07, 6.45) is 4.18. The van der Waals surface area contributed by atoms with Crippen LogP contribution in [-0.2, 0) is 11.2 Å². The van der Waals surface area contributed by atoms with Crippen LogP contribution in [0.25, 0.3) is 5.52 Å². The van der Waals surface area contributed by atoms with E-state index in [1.165, 1.54) is 5.56 Å². The van der Waals surface area contributed by atoms with E-state index in [0.29, 0.717) is 12.3 Å². The molecule has 0 fully saturated rings. The largest absolute Gasteiger partial charge is 0.306 e. The third-order valence-electron chi connectivity index (χ3n) is 2.73. The molecular formula is C13H16N2O. The Bertz CT molecular complexity index is 526. The first kappa shape index (κ1) is 10.9. The molecule has 0 aromatic carbocycles. The van der Waals surface area contributed by atoms with Crippen LogP contribution in [0, 0.1) is 0 Å². The van der Waals surface area contributed by atoms with Crippen LogP contribution in [0.5, 0.6) is 0 Å². The molecule has 0 aliphatic carbocycles. The van der Waals surface area contributed by atoms with E-state index >= 15 is 0 Å². The number of pyridine rings is 1. The van der Waals surface area contributed by atoms with Gasteiger partial charge < -0.3 is 4.40 Å². The molecule has 0 atom stereocenters. The molecule has 0 saturated heterocycles. The van der Waals surface area contributed by atoms with Crippen molar-refractivity contribution in [2.45, 2.75) is 33.1 Å². The molecule has 2 heterocycles. The van der Waals surface area contributed by atoms with Gasteiger partial charge in [0.15, 0.2) is 0 Å². The Balaban J connectivity index is 2.51. The highest BCUT2D eigenvalue weighted by Gasteiger charge is 2.08. The van der Waals surface area contributed by atoms with E-state index in [4.69, 9.17) is 0 Å². The molecule has 0 N–H and O–H groups in total. The number of carbonyl (C=O) groups excluding carboxylic acids is 1. The van der Waals surface area contributed by atoms with Crippen LogP contribution >= 0.6 is 0 Å². The van der Waals surface area contributed by atoms with Gasteiger partial charge >= 0.3 is 0 Å². The highest BCUT2D eigenvalue weighted by Crippen LogP contribution is 2.18. The molecule has 0 amide bonds. The summed E-state index contributed by atoms with van der Waals surface area (Å²) in [5.74, 6) is 0.639. The molecule has 0 unspecified atom stereocenters. The van der Waals surface area contributed by atoms with Gasteiger partial charge in [0.05, 0.1) is 24.0 Å². The molecule has 3 nitrogen and oxygen atoms in total. The number of hydrogen-bond acceptors (Lipinski definition) is 2. The normalized spacial score (nSPS) is 11.2. The second-order valence-corrected chi connectivity index (χ2v) is 4.48. The molecule has 0 aliphatic rings. The minimum Gasteiger partial charge on any atom is -0.306 e. The van der Waals surface area contributed by atoms with Gasteiger partial charge in [-0.05, 0) is 30.5 Å². The zero-order valence-electron chi connectivity index (χ0n) is 9.90. The van der Waals surface area contributed by atoms with Gasteiger partial charge in [-0.25, -0.2) is 4.98 Å². The van der Waals surface area contributed by atoms with Gasteiger partial charge in [-0.3, -0.25) is 4.79 Å². The number of hydrogen-bond donors (Lipinski definition) is 0. The predicted octanol–water partition coefficient (Wildman–Crippen LogP) is 2.59. The third-order valence-corrected chi connectivity index (χ3v) is 2.73. The van der Waals surface area contributed by atoms with Crippen molar-refractivity contribution in [3.8, 4) is 0 Å². The Kier molecular flexibility index (Phi) is 2.77. The van der Waals surface area contributed by atoms with E-state index in [-0.39, 0.29) is 5.78 Å². The molecule has 84 valence electrons. The van der Waals surface area contributed by atoms with E-state index < -0.39 is 0 Å². The molecule has 16 heavy (non-hydrogen) atoms. The Morgan fingerprint density at radius 3 is 2.88 bits per heavy atom. The molecule has 0 radical (unpaired) electrons. The zero-order chi connectivity index (χ0) is 11.7. The summed E-state index contributed by atoms with van der Waals surface area (Å²) in [7, 11) is 0. The molecule has 0 bridgehead atoms. The molecule has 2 aromatic rings. The summed E-state index contributed by atoms with van der Waals surface area (Å²) in [6.45, 7) is 5.91. The monoisotopic (exact) mass is 216 g/mol. The topological polar surface area (TPSA) is 34.4 Å². The molecule has 0 spiro atoms. The lowest BCUT2D eigenvalue weighted by molar-refractivity contribution is -0.116. The van der Waals surface area contributed by atoms with Crippen LogP contribution in [0.15, 0.2) is 24.7 Å². The highest BCUT2D eigenvalue weighted by atomic mass is 16.1. The van der Waals surface area contributed by atoms with Gasteiger partial charge in [-0.15, -0.1) is 0 Å². The fourth-order valence-corrected chi connectivity index (χ4v) is 1.79. The first-order chi connectivity index (χ1) is 7.58. The number of nitrogens with zero attached hydrogens (tertiary/aromatic N) is 2. The van der Waals surface area contributed by atoms with Gasteiger partial charge in [0.2, 0.25) is 0 Å². The summed E-state index contributed by atoms with van der Waals surface area (Å²) in [4.78, 5) is 15.4. The Labute approximate surface area is 95.1 Å². The number of ketones is 1. The van der Waals surface area contributed by atoms with Crippen molar-refractivity contribution in [3.05, 3.63) is 35.9 Å². The van der Waals surface area contributed by atoms with Gasteiger partial charge in [0, 0.05) is 6.20 Å². The summed E-state index contributed by atoms with van der Waals surface area (Å²) in [5, 5.41) is 0. The SMILES string of the molecule is CC(=O)Cc1ncn2ccc(C(C)C)cc12. The van der Waals surface area contributed by atoms with Gasteiger partial charge in [0.1, 0.15) is 5.78 Å². The van der Waals surface area contributed by atoms with E-state index in [1.54, 1.807) is 13.3 Å². The standard InChI is InChI=1S/C13H16N2O/c1-9(2)11-4-5-15-8-14-12(6-10(3)16)13(15)7-11/h4-5,7-9H,6H2,1-3H3.